The minimum absolute atomic E-state index is 0.0959. The van der Waals surface area contributed by atoms with Gasteiger partial charge in [0.1, 0.15) is 0 Å². The monoisotopic (exact) mass is 336 g/mol. The third-order valence-corrected chi connectivity index (χ3v) is 3.97. The van der Waals surface area contributed by atoms with Crippen LogP contribution in [0.5, 0.6) is 0 Å². The van der Waals surface area contributed by atoms with E-state index >= 15 is 0 Å². The van der Waals surface area contributed by atoms with E-state index in [2.05, 4.69) is 20.1 Å². The second kappa shape index (κ2) is 6.40. The molecule has 8 nitrogen and oxygen atoms in total. The molecule has 0 saturated heterocycles. The molecule has 0 aliphatic rings. The van der Waals surface area contributed by atoms with E-state index in [0.717, 1.165) is 12.0 Å². The fourth-order valence-electron chi connectivity index (χ4n) is 2.73. The van der Waals surface area contributed by atoms with E-state index in [-0.39, 0.29) is 5.56 Å². The maximum Gasteiger partial charge on any atom is 0.261 e. The molecule has 4 heterocycles. The third kappa shape index (κ3) is 2.76. The summed E-state index contributed by atoms with van der Waals surface area (Å²) in [6.07, 6.45) is 7.48. The Morgan fingerprint density at radius 3 is 2.96 bits per heavy atom. The second-order valence-electron chi connectivity index (χ2n) is 5.61. The number of ether oxygens (including phenoxy) is 1. The first-order valence-electron chi connectivity index (χ1n) is 7.92. The van der Waals surface area contributed by atoms with Crippen LogP contribution in [-0.2, 0) is 11.3 Å². The van der Waals surface area contributed by atoms with Crippen molar-refractivity contribution in [2.45, 2.75) is 13.0 Å². The Labute approximate surface area is 142 Å². The summed E-state index contributed by atoms with van der Waals surface area (Å²) in [7, 11) is 1.65. The molecule has 4 aromatic rings. The molecular formula is C17H16N6O2. The van der Waals surface area contributed by atoms with Gasteiger partial charge in [-0.2, -0.15) is 9.50 Å². The minimum Gasteiger partial charge on any atom is -0.385 e. The van der Waals surface area contributed by atoms with Crippen molar-refractivity contribution in [3.05, 3.63) is 53.3 Å². The van der Waals surface area contributed by atoms with Gasteiger partial charge in [-0.1, -0.05) is 0 Å². The molecule has 0 aliphatic heterocycles. The Morgan fingerprint density at radius 1 is 1.24 bits per heavy atom. The van der Waals surface area contributed by atoms with Gasteiger partial charge in [-0.3, -0.25) is 9.78 Å². The highest BCUT2D eigenvalue weighted by molar-refractivity contribution is 5.79. The molecule has 4 aromatic heterocycles. The van der Waals surface area contributed by atoms with Crippen LogP contribution in [0.2, 0.25) is 0 Å². The van der Waals surface area contributed by atoms with E-state index in [1.807, 2.05) is 18.2 Å². The molecule has 0 unspecified atom stereocenters. The molecule has 0 N–H and O–H groups in total. The molecule has 0 spiro atoms. The maximum absolute atomic E-state index is 12.7. The number of nitrogens with zero attached hydrogens (tertiary/aromatic N) is 6. The Morgan fingerprint density at radius 2 is 2.16 bits per heavy atom. The summed E-state index contributed by atoms with van der Waals surface area (Å²) in [6, 6.07) is 5.57. The first-order valence-corrected chi connectivity index (χ1v) is 7.92. The van der Waals surface area contributed by atoms with Crippen LogP contribution in [0.3, 0.4) is 0 Å². The summed E-state index contributed by atoms with van der Waals surface area (Å²) in [5, 5.41) is 5.00. The van der Waals surface area contributed by atoms with Gasteiger partial charge < -0.3 is 9.30 Å². The van der Waals surface area contributed by atoms with Crippen molar-refractivity contribution in [2.24, 2.45) is 0 Å². The van der Waals surface area contributed by atoms with Crippen molar-refractivity contribution in [2.75, 3.05) is 13.7 Å². The number of rotatable bonds is 5. The Bertz CT molecular complexity index is 1090. The van der Waals surface area contributed by atoms with Crippen molar-refractivity contribution in [3.63, 3.8) is 0 Å². The van der Waals surface area contributed by atoms with E-state index in [1.54, 1.807) is 41.0 Å². The van der Waals surface area contributed by atoms with Crippen molar-refractivity contribution in [3.8, 4) is 11.4 Å². The van der Waals surface area contributed by atoms with Crippen molar-refractivity contribution in [1.82, 2.24) is 29.1 Å². The molecule has 8 heteroatoms. The zero-order valence-corrected chi connectivity index (χ0v) is 13.7. The third-order valence-electron chi connectivity index (χ3n) is 3.97. The van der Waals surface area contributed by atoms with Crippen molar-refractivity contribution >= 4 is 16.7 Å². The molecule has 0 atom stereocenters. The SMILES string of the molecule is COCCCn1ccc2c(cnc3nc(-c4cccnc4)nn32)c1=O. The Balaban J connectivity index is 1.82. The van der Waals surface area contributed by atoms with Gasteiger partial charge in [0.25, 0.3) is 11.3 Å². The van der Waals surface area contributed by atoms with Crippen molar-refractivity contribution < 1.29 is 4.74 Å². The quantitative estimate of drug-likeness (QED) is 0.514. The van der Waals surface area contributed by atoms with E-state index in [4.69, 9.17) is 4.74 Å². The topological polar surface area (TPSA) is 87.2 Å². The van der Waals surface area contributed by atoms with Gasteiger partial charge in [-0.25, -0.2) is 4.98 Å². The predicted molar refractivity (Wildman–Crippen MR) is 92.3 cm³/mol. The lowest BCUT2D eigenvalue weighted by Crippen LogP contribution is -2.21. The van der Waals surface area contributed by atoms with Gasteiger partial charge in [-0.05, 0) is 24.6 Å². The summed E-state index contributed by atoms with van der Waals surface area (Å²) in [5.41, 5.74) is 1.39. The van der Waals surface area contributed by atoms with Crippen LogP contribution in [0.4, 0.5) is 0 Å². The van der Waals surface area contributed by atoms with Gasteiger partial charge in [0.05, 0.1) is 10.9 Å². The lowest BCUT2D eigenvalue weighted by Gasteiger charge is -2.07. The van der Waals surface area contributed by atoms with E-state index in [1.165, 1.54) is 0 Å². The number of methoxy groups -OCH3 is 1. The average molecular weight is 336 g/mol. The molecule has 0 aromatic carbocycles. The molecule has 0 amide bonds. The number of hydrogen-bond donors (Lipinski definition) is 0. The van der Waals surface area contributed by atoms with Gasteiger partial charge in [0.2, 0.25) is 0 Å². The van der Waals surface area contributed by atoms with Crippen LogP contribution < -0.4 is 5.56 Å². The highest BCUT2D eigenvalue weighted by Gasteiger charge is 2.12. The van der Waals surface area contributed by atoms with Gasteiger partial charge in [-0.15, -0.1) is 5.10 Å². The molecule has 0 bridgehead atoms. The number of aryl methyl sites for hydroxylation is 1. The van der Waals surface area contributed by atoms with Crippen LogP contribution in [0.1, 0.15) is 6.42 Å². The number of hydrogen-bond acceptors (Lipinski definition) is 6. The van der Waals surface area contributed by atoms with Crippen LogP contribution in [-0.4, -0.2) is 42.8 Å². The average Bonchev–Trinajstić information content (AvgIpc) is 3.09. The maximum atomic E-state index is 12.7. The molecule has 0 fully saturated rings. The summed E-state index contributed by atoms with van der Waals surface area (Å²) in [6.45, 7) is 1.21. The highest BCUT2D eigenvalue weighted by Crippen LogP contribution is 2.16. The minimum atomic E-state index is -0.0959. The number of pyridine rings is 2. The summed E-state index contributed by atoms with van der Waals surface area (Å²) < 4.78 is 8.29. The Kier molecular flexibility index (Phi) is 3.95. The number of fused-ring (bicyclic) bond motifs is 3. The van der Waals surface area contributed by atoms with E-state index in [9.17, 15) is 4.79 Å². The van der Waals surface area contributed by atoms with Crippen molar-refractivity contribution in [1.29, 1.82) is 0 Å². The fraction of sp³-hybridized carbons (Fsp3) is 0.235. The molecular weight excluding hydrogens is 320 g/mol. The molecule has 0 saturated carbocycles. The van der Waals surface area contributed by atoms with Crippen LogP contribution in [0.15, 0.2) is 47.8 Å². The summed E-state index contributed by atoms with van der Waals surface area (Å²) in [4.78, 5) is 25.4. The van der Waals surface area contributed by atoms with Crippen LogP contribution >= 0.6 is 0 Å². The molecule has 0 radical (unpaired) electrons. The standard InChI is InChI=1S/C17H16N6O2/c1-25-9-3-7-22-8-5-14-13(16(22)24)11-19-17-20-15(21-23(14)17)12-4-2-6-18-10-12/h2,4-6,8,10-11H,3,7,9H2,1H3. The van der Waals surface area contributed by atoms with Gasteiger partial charge >= 0.3 is 0 Å². The van der Waals surface area contributed by atoms with Crippen LogP contribution in [0.25, 0.3) is 28.1 Å². The zero-order chi connectivity index (χ0) is 17.2. The molecule has 0 aliphatic carbocycles. The second-order valence-corrected chi connectivity index (χ2v) is 5.61. The summed E-state index contributed by atoms with van der Waals surface area (Å²) in [5.74, 6) is 0.972. The fourth-order valence-corrected chi connectivity index (χ4v) is 2.73. The van der Waals surface area contributed by atoms with E-state index in [0.29, 0.717) is 35.7 Å². The largest absolute Gasteiger partial charge is 0.385 e. The first kappa shape index (κ1) is 15.4. The first-order chi connectivity index (χ1) is 12.3. The van der Waals surface area contributed by atoms with Gasteiger partial charge in [0.15, 0.2) is 5.82 Å². The number of aromatic nitrogens is 6. The molecule has 4 rings (SSSR count). The lowest BCUT2D eigenvalue weighted by atomic mass is 10.3. The normalized spacial score (nSPS) is 11.4. The van der Waals surface area contributed by atoms with Crippen LogP contribution in [0, 0.1) is 0 Å². The molecule has 25 heavy (non-hydrogen) atoms. The predicted octanol–water partition coefficient (Wildman–Crippen LogP) is 1.54. The highest BCUT2D eigenvalue weighted by atomic mass is 16.5. The van der Waals surface area contributed by atoms with E-state index < -0.39 is 0 Å². The summed E-state index contributed by atoms with van der Waals surface area (Å²) >= 11 is 0. The lowest BCUT2D eigenvalue weighted by molar-refractivity contribution is 0.190. The zero-order valence-electron chi connectivity index (χ0n) is 13.7. The smallest absolute Gasteiger partial charge is 0.261 e. The molecule has 126 valence electrons. The van der Waals surface area contributed by atoms with Gasteiger partial charge in [0, 0.05) is 50.6 Å². The Hall–Kier alpha value is -3.13.